The van der Waals surface area contributed by atoms with E-state index < -0.39 is 70.5 Å². The quantitative estimate of drug-likeness (QED) is 0.0780. The summed E-state index contributed by atoms with van der Waals surface area (Å²) in [5.41, 5.74) is 1.57. The molecule has 0 aliphatic heterocycles. The van der Waals surface area contributed by atoms with E-state index in [1.165, 1.54) is 20.8 Å². The van der Waals surface area contributed by atoms with Crippen molar-refractivity contribution in [1.29, 1.82) is 0 Å². The second-order valence-corrected chi connectivity index (χ2v) is 9.92. The Morgan fingerprint density at radius 2 is 1.12 bits per heavy atom. The van der Waals surface area contributed by atoms with Crippen LogP contribution < -0.4 is 5.73 Å². The first-order chi connectivity index (χ1) is 21.6. The SMILES string of the molecule is CCC(=O)C(=O)O.CCC(C)(O)C(O)C(=O)O.CCC(C)C(=O)C(=O)O.CCC(C)C(N)C(=O)O.CCC(O)(C(C)=O)C(=O)O.O.O=C=O. The van der Waals surface area contributed by atoms with Gasteiger partial charge in [0.25, 0.3) is 0 Å². The van der Waals surface area contributed by atoms with E-state index in [0.717, 1.165) is 13.3 Å². The van der Waals surface area contributed by atoms with Crippen LogP contribution in [-0.4, -0.2) is 123 Å². The highest BCUT2D eigenvalue weighted by atomic mass is 16.4. The molecule has 0 heterocycles. The zero-order valence-corrected chi connectivity index (χ0v) is 29.1. The maximum atomic E-state index is 10.5. The van der Waals surface area contributed by atoms with Crippen molar-refractivity contribution >= 4 is 53.3 Å². The van der Waals surface area contributed by atoms with Crippen LogP contribution in [0.2, 0.25) is 0 Å². The Hall–Kier alpha value is -4.46. The van der Waals surface area contributed by atoms with E-state index in [2.05, 4.69) is 0 Å². The Bertz CT molecular complexity index is 1050. The summed E-state index contributed by atoms with van der Waals surface area (Å²) in [6, 6.07) is -0.699. The third-order valence-electron chi connectivity index (χ3n) is 6.36. The lowest BCUT2D eigenvalue weighted by Gasteiger charge is -2.23. The smallest absolute Gasteiger partial charge is 0.373 e. The number of carboxylic acid groups (broad SMARTS) is 5. The Kier molecular flexibility index (Phi) is 39.3. The molecule has 0 saturated heterocycles. The molecule has 12 N–H and O–H groups in total. The van der Waals surface area contributed by atoms with Gasteiger partial charge >= 0.3 is 36.0 Å². The zero-order chi connectivity index (χ0) is 40.2. The number of nitrogens with two attached hydrogens (primary N) is 1. The average Bonchev–Trinajstić information content (AvgIpc) is 3.02. The molecule has 6 atom stereocenters. The van der Waals surface area contributed by atoms with Crippen LogP contribution >= 0.6 is 0 Å². The molecular formula is C29H53NO19. The predicted molar refractivity (Wildman–Crippen MR) is 167 cm³/mol. The molecule has 0 aromatic carbocycles. The minimum absolute atomic E-state index is 0. The second-order valence-electron chi connectivity index (χ2n) is 9.92. The molecule has 0 radical (unpaired) electrons. The van der Waals surface area contributed by atoms with Gasteiger partial charge in [-0.3, -0.25) is 19.2 Å². The zero-order valence-electron chi connectivity index (χ0n) is 29.1. The van der Waals surface area contributed by atoms with E-state index in [9.17, 15) is 38.4 Å². The molecule has 288 valence electrons. The molecule has 0 rings (SSSR count). The second kappa shape index (κ2) is 32.1. The number of hydrogen-bond acceptors (Lipinski definition) is 14. The Morgan fingerprint density at radius 1 is 0.735 bits per heavy atom. The van der Waals surface area contributed by atoms with Crippen LogP contribution in [0.3, 0.4) is 0 Å². The lowest BCUT2D eigenvalue weighted by molar-refractivity contribution is -0.192. The fourth-order valence-electron chi connectivity index (χ4n) is 2.05. The largest absolute Gasteiger partial charge is 0.480 e. The first-order valence-electron chi connectivity index (χ1n) is 14.3. The Labute approximate surface area is 283 Å². The van der Waals surface area contributed by atoms with Crippen LogP contribution in [0.15, 0.2) is 0 Å². The van der Waals surface area contributed by atoms with Crippen molar-refractivity contribution in [3.05, 3.63) is 0 Å². The lowest BCUT2D eigenvalue weighted by atomic mass is 9.96. The number of aliphatic hydroxyl groups is 3. The highest BCUT2D eigenvalue weighted by Crippen LogP contribution is 2.14. The molecule has 0 aliphatic carbocycles. The summed E-state index contributed by atoms with van der Waals surface area (Å²) >= 11 is 0. The van der Waals surface area contributed by atoms with Gasteiger partial charge in [-0.1, -0.05) is 54.9 Å². The van der Waals surface area contributed by atoms with Crippen LogP contribution in [0.5, 0.6) is 0 Å². The summed E-state index contributed by atoms with van der Waals surface area (Å²) in [4.78, 5) is 97.2. The van der Waals surface area contributed by atoms with Crippen molar-refractivity contribution in [1.82, 2.24) is 0 Å². The monoisotopic (exact) mass is 719 g/mol. The number of hydrogen-bond donors (Lipinski definition) is 9. The molecule has 0 aliphatic rings. The van der Waals surface area contributed by atoms with Crippen LogP contribution in [0.25, 0.3) is 0 Å². The van der Waals surface area contributed by atoms with Crippen molar-refractivity contribution in [3.8, 4) is 0 Å². The van der Waals surface area contributed by atoms with Crippen molar-refractivity contribution in [2.24, 2.45) is 17.6 Å². The summed E-state index contributed by atoms with van der Waals surface area (Å²) in [6.45, 7) is 14.0. The third kappa shape index (κ3) is 30.6. The molecule has 0 fully saturated rings. The van der Waals surface area contributed by atoms with Crippen molar-refractivity contribution in [2.75, 3.05) is 0 Å². The van der Waals surface area contributed by atoms with E-state index in [1.54, 1.807) is 20.8 Å². The number of carbonyl (C=O) groups is 8. The molecule has 20 nitrogen and oxygen atoms in total. The topological polar surface area (TPSA) is 390 Å². The van der Waals surface area contributed by atoms with Gasteiger partial charge in [0.2, 0.25) is 17.2 Å². The van der Waals surface area contributed by atoms with Crippen LogP contribution in [0, 0.1) is 11.8 Å². The summed E-state index contributed by atoms with van der Waals surface area (Å²) in [5, 5.41) is 67.9. The molecule has 49 heavy (non-hydrogen) atoms. The maximum absolute atomic E-state index is 10.5. The summed E-state index contributed by atoms with van der Waals surface area (Å²) in [6.07, 6.45) is 0.143. The predicted octanol–water partition coefficient (Wildman–Crippen LogP) is -0.833. The van der Waals surface area contributed by atoms with Gasteiger partial charge in [-0.05, 0) is 39.0 Å². The van der Waals surface area contributed by atoms with Crippen LogP contribution in [-0.2, 0) is 47.9 Å². The van der Waals surface area contributed by atoms with Crippen LogP contribution in [0.1, 0.15) is 94.4 Å². The summed E-state index contributed by atoms with van der Waals surface area (Å²) in [5.74, 6) is -8.91. The number of ketones is 3. The number of Topliss-reactive ketones (excluding diaryl/α,β-unsaturated/α-hetero) is 3. The molecule has 6 unspecified atom stereocenters. The minimum atomic E-state index is -2.18. The number of rotatable bonds is 14. The summed E-state index contributed by atoms with van der Waals surface area (Å²) < 4.78 is 0. The van der Waals surface area contributed by atoms with Gasteiger partial charge in [-0.25, -0.2) is 19.2 Å². The van der Waals surface area contributed by atoms with Gasteiger partial charge in [0.1, 0.15) is 6.04 Å². The molecule has 0 aromatic heterocycles. The van der Waals surface area contributed by atoms with E-state index in [0.29, 0.717) is 6.42 Å². The molecule has 0 saturated carbocycles. The first-order valence-corrected chi connectivity index (χ1v) is 14.3. The maximum Gasteiger partial charge on any atom is 0.373 e. The van der Waals surface area contributed by atoms with Crippen molar-refractivity contribution in [3.63, 3.8) is 0 Å². The normalized spacial score (nSPS) is 14.0. The van der Waals surface area contributed by atoms with Gasteiger partial charge < -0.3 is 52.1 Å². The highest BCUT2D eigenvalue weighted by Gasteiger charge is 2.39. The van der Waals surface area contributed by atoms with E-state index in [4.69, 9.17) is 56.2 Å². The Balaban J connectivity index is -0.0000000880. The molecule has 0 aromatic rings. The van der Waals surface area contributed by atoms with E-state index in [1.807, 2.05) is 13.8 Å². The van der Waals surface area contributed by atoms with E-state index in [-0.39, 0.29) is 42.7 Å². The number of aliphatic carboxylic acids is 5. The first kappa shape index (κ1) is 59.9. The van der Waals surface area contributed by atoms with Gasteiger partial charge in [-0.2, -0.15) is 9.59 Å². The van der Waals surface area contributed by atoms with Crippen molar-refractivity contribution < 1.29 is 94.3 Å². The van der Waals surface area contributed by atoms with Gasteiger partial charge in [0.15, 0.2) is 11.9 Å². The summed E-state index contributed by atoms with van der Waals surface area (Å²) in [7, 11) is 0. The highest BCUT2D eigenvalue weighted by molar-refractivity contribution is 6.33. The van der Waals surface area contributed by atoms with Crippen molar-refractivity contribution in [2.45, 2.75) is 118 Å². The standard InChI is InChI=1S/C6H13NO2.C6H12O4.C6H10O4.C6H10O3.C4H6O3.CO2.H2O/c1-3-4(2)5(7)6(8)9;1-3-6(2,10)4(7)5(8)9;1-3-6(10,4(2)7)5(8)9;1-3-4(2)5(7)6(8)9;1-2-3(5)4(6)7;2-1-3;/h4-5H,3,7H2,1-2H3,(H,8,9);4,7,10H,3H2,1-2H3,(H,8,9);10H,3H2,1-2H3,(H,8,9);4H,3H2,1-2H3,(H,8,9);2H2,1H3,(H,6,7);;1H2. The minimum Gasteiger partial charge on any atom is -0.480 e. The van der Waals surface area contributed by atoms with E-state index >= 15 is 0 Å². The van der Waals surface area contributed by atoms with Crippen LogP contribution in [0.4, 0.5) is 0 Å². The molecule has 0 amide bonds. The fourth-order valence-corrected chi connectivity index (χ4v) is 2.05. The average molecular weight is 720 g/mol. The number of carbonyl (C=O) groups excluding carboxylic acids is 5. The fraction of sp³-hybridized carbons (Fsp3) is 0.690. The molecule has 0 spiro atoms. The molecule has 20 heteroatoms. The Morgan fingerprint density at radius 3 is 1.18 bits per heavy atom. The van der Waals surface area contributed by atoms with Gasteiger partial charge in [0, 0.05) is 12.3 Å². The van der Waals surface area contributed by atoms with Gasteiger partial charge in [-0.15, -0.1) is 0 Å². The number of carboxylic acids is 5. The van der Waals surface area contributed by atoms with Gasteiger partial charge in [0.05, 0.1) is 5.60 Å². The third-order valence-corrected chi connectivity index (χ3v) is 6.36. The lowest BCUT2D eigenvalue weighted by Crippen LogP contribution is -2.44. The number of aliphatic hydroxyl groups excluding tert-OH is 1. The molecular weight excluding hydrogens is 666 g/mol. The molecule has 0 bridgehead atoms.